The van der Waals surface area contributed by atoms with Crippen molar-refractivity contribution in [3.05, 3.63) is 71.4 Å². The zero-order valence-electron chi connectivity index (χ0n) is 52.2. The number of piperidine rings is 1. The number of terminal acetylenes is 1. The fraction of sp³-hybridized carbons (Fsp3) is 0.587. The number of pyridine rings is 1. The quantitative estimate of drug-likeness (QED) is 0.0277. The highest BCUT2D eigenvalue weighted by Gasteiger charge is 2.46. The van der Waals surface area contributed by atoms with Gasteiger partial charge in [0.15, 0.2) is 0 Å². The lowest BCUT2D eigenvalue weighted by Crippen LogP contribution is -2.53. The molecule has 3 aliphatic rings. The number of carboxylic acid groups (broad SMARTS) is 1. The number of ether oxygens (including phenoxy) is 3. The van der Waals surface area contributed by atoms with Gasteiger partial charge < -0.3 is 55.5 Å². The highest BCUT2D eigenvalue weighted by molar-refractivity contribution is 7.99. The van der Waals surface area contributed by atoms with Gasteiger partial charge in [0, 0.05) is 126 Å². The number of fused-ring (bicyclic) bond motifs is 1. The minimum atomic E-state index is -3.10. The lowest BCUT2D eigenvalue weighted by atomic mass is 9.92. The lowest BCUT2D eigenvalue weighted by molar-refractivity contribution is -0.140. The Kier molecular flexibility index (Phi) is 31.6. The Bertz CT molecular complexity index is 2940. The first-order valence-corrected chi connectivity index (χ1v) is 33.3. The van der Waals surface area contributed by atoms with E-state index >= 15 is 0 Å². The molecule has 2 aromatic carbocycles. The maximum Gasteiger partial charge on any atom is 0.317 e. The molecular weight excluding hydrogens is 1240 g/mol. The Hall–Kier alpha value is -7.20. The molecule has 1 aromatic heterocycles. The molecule has 504 valence electrons. The standard InChI is InChI=1S/C63H87F2N11O14S2/c1-3-49-35-63(64,65)41-76(49)58(82)36-69-60(85)51-15-18-66-53-14-13-50(34-52(51)53)90-31-5-7-48-16-21-75(22-17-48)62(87)55(79)40-92-33-20-68-61(86)54(39-91-32-19-67-56(80)8-4-6-47-11-9-46(2)10-12-47)70-57(81)37-71-23-24-72(38-59(83)84)26-28-74(43-89-45-78)30-29-73(27-25-71)42-88-44-77/h1,9-15,18,34,44-45,48-49,54-55,79H,4-8,16-17,19-33,35-43H2,2H3,(H,67,80)(H,68,86)(H,69,85)(H,70,81)(H,83,84)/t49-,54?,55?/m0/s1. The number of aliphatic carboxylic acids is 1. The smallest absolute Gasteiger partial charge is 0.317 e. The van der Waals surface area contributed by atoms with Crippen LogP contribution in [0.25, 0.3) is 10.9 Å². The average Bonchev–Trinajstić information content (AvgIpc) is 1.30. The van der Waals surface area contributed by atoms with E-state index in [1.807, 2.05) is 33.8 Å². The van der Waals surface area contributed by atoms with E-state index in [4.69, 9.17) is 20.6 Å². The summed E-state index contributed by atoms with van der Waals surface area (Å²) in [6.45, 7) is 5.41. The Morgan fingerprint density at radius 3 is 2.07 bits per heavy atom. The summed E-state index contributed by atoms with van der Waals surface area (Å²) in [5.74, 6) is -2.69. The zero-order valence-corrected chi connectivity index (χ0v) is 53.8. The maximum atomic E-state index is 14.0. The molecule has 92 heavy (non-hydrogen) atoms. The molecule has 0 radical (unpaired) electrons. The zero-order chi connectivity index (χ0) is 66.3. The second kappa shape index (κ2) is 39.4. The molecule has 3 aromatic rings. The molecule has 6 rings (SSSR count). The van der Waals surface area contributed by atoms with Crippen LogP contribution in [0.4, 0.5) is 8.78 Å². The Morgan fingerprint density at radius 2 is 1.42 bits per heavy atom. The van der Waals surface area contributed by atoms with Gasteiger partial charge >= 0.3 is 5.97 Å². The number of carbonyl (C=O) groups is 9. The van der Waals surface area contributed by atoms with Crippen LogP contribution in [-0.2, 0) is 54.3 Å². The Labute approximate surface area is 544 Å². The van der Waals surface area contributed by atoms with Gasteiger partial charge in [-0.3, -0.25) is 67.7 Å². The fourth-order valence-corrected chi connectivity index (χ4v) is 12.5. The molecule has 6 N–H and O–H groups in total. The summed E-state index contributed by atoms with van der Waals surface area (Å²) in [5, 5.41) is 32.4. The van der Waals surface area contributed by atoms with E-state index in [2.05, 4.69) is 44.3 Å². The van der Waals surface area contributed by atoms with Crippen molar-refractivity contribution >= 4 is 88.8 Å². The third kappa shape index (κ3) is 26.1. The number of aryl methyl sites for hydroxylation is 2. The molecule has 25 nitrogen and oxygen atoms in total. The molecule has 0 bridgehead atoms. The van der Waals surface area contributed by atoms with E-state index in [9.17, 15) is 62.1 Å². The van der Waals surface area contributed by atoms with E-state index in [0.717, 1.165) is 41.7 Å². The molecule has 3 aliphatic heterocycles. The second-order valence-corrected chi connectivity index (χ2v) is 25.3. The summed E-state index contributed by atoms with van der Waals surface area (Å²) < 4.78 is 44.1. The number of likely N-dealkylation sites (tertiary alicyclic amines) is 2. The minimum absolute atomic E-state index is 0.0157. The van der Waals surface area contributed by atoms with Gasteiger partial charge in [-0.2, -0.15) is 23.5 Å². The predicted molar refractivity (Wildman–Crippen MR) is 342 cm³/mol. The van der Waals surface area contributed by atoms with E-state index in [1.165, 1.54) is 35.8 Å². The third-order valence-corrected chi connectivity index (χ3v) is 18.1. The molecule has 0 spiro atoms. The highest BCUT2D eigenvalue weighted by Crippen LogP contribution is 2.32. The fourth-order valence-electron chi connectivity index (χ4n) is 10.8. The van der Waals surface area contributed by atoms with Crippen LogP contribution in [0.2, 0.25) is 0 Å². The van der Waals surface area contributed by atoms with Crippen molar-refractivity contribution in [2.24, 2.45) is 5.92 Å². The Morgan fingerprint density at radius 1 is 0.793 bits per heavy atom. The summed E-state index contributed by atoms with van der Waals surface area (Å²) in [5.41, 5.74) is 3.06. The van der Waals surface area contributed by atoms with Gasteiger partial charge in [0.1, 0.15) is 31.4 Å². The van der Waals surface area contributed by atoms with E-state index in [-0.39, 0.29) is 75.1 Å². The lowest BCUT2D eigenvalue weighted by Gasteiger charge is -2.33. The van der Waals surface area contributed by atoms with Gasteiger partial charge in [-0.15, -0.1) is 6.42 Å². The topological polar surface area (TPSA) is 302 Å². The number of aromatic nitrogens is 1. The first-order valence-electron chi connectivity index (χ1n) is 31.0. The van der Waals surface area contributed by atoms with Gasteiger partial charge in [0.25, 0.3) is 30.7 Å². The van der Waals surface area contributed by atoms with Crippen LogP contribution in [0, 0.1) is 25.2 Å². The van der Waals surface area contributed by atoms with Gasteiger partial charge in [-0.1, -0.05) is 35.7 Å². The summed E-state index contributed by atoms with van der Waals surface area (Å²) in [7, 11) is 0. The highest BCUT2D eigenvalue weighted by atomic mass is 32.2. The molecule has 0 saturated carbocycles. The summed E-state index contributed by atoms with van der Waals surface area (Å²) in [4.78, 5) is 128. The van der Waals surface area contributed by atoms with Crippen LogP contribution < -0.4 is 26.0 Å². The number of hydrogen-bond acceptors (Lipinski definition) is 20. The van der Waals surface area contributed by atoms with Crippen LogP contribution in [0.5, 0.6) is 5.75 Å². The number of hydrogen-bond donors (Lipinski definition) is 6. The number of thioether (sulfide) groups is 2. The van der Waals surface area contributed by atoms with E-state index < -0.39 is 73.2 Å². The number of aliphatic hydroxyl groups excluding tert-OH is 1. The number of nitrogens with zero attached hydrogens (tertiary/aromatic N) is 7. The average molecular weight is 1320 g/mol. The van der Waals surface area contributed by atoms with Crippen LogP contribution >= 0.6 is 23.5 Å². The molecule has 2 unspecified atom stereocenters. The molecule has 3 fully saturated rings. The molecule has 29 heteroatoms. The van der Waals surface area contributed by atoms with Crippen molar-refractivity contribution in [1.29, 1.82) is 0 Å². The molecule has 4 heterocycles. The third-order valence-electron chi connectivity index (χ3n) is 16.0. The monoisotopic (exact) mass is 1320 g/mol. The number of alkyl halides is 2. The van der Waals surface area contributed by atoms with Gasteiger partial charge in [0.2, 0.25) is 23.6 Å². The van der Waals surface area contributed by atoms with E-state index in [1.54, 1.807) is 28.0 Å². The largest absolute Gasteiger partial charge is 0.494 e. The molecular formula is C63H87F2N11O14S2. The van der Waals surface area contributed by atoms with Crippen LogP contribution in [0.1, 0.15) is 66.4 Å². The number of benzene rings is 2. The van der Waals surface area contributed by atoms with Crippen molar-refractivity contribution in [3.63, 3.8) is 0 Å². The van der Waals surface area contributed by atoms with Gasteiger partial charge in [0.05, 0.1) is 49.9 Å². The molecule has 0 aliphatic carbocycles. The Balaban J connectivity index is 0.932. The predicted octanol–water partition coefficient (Wildman–Crippen LogP) is 1.67. The molecule has 6 amide bonds. The van der Waals surface area contributed by atoms with Gasteiger partial charge in [-0.05, 0) is 81.2 Å². The van der Waals surface area contributed by atoms with Crippen molar-refractivity contribution in [2.45, 2.75) is 82.4 Å². The number of carbonyl (C=O) groups excluding carboxylic acids is 8. The molecule has 3 saturated heterocycles. The van der Waals surface area contributed by atoms with Crippen molar-refractivity contribution < 1.29 is 76.4 Å². The second-order valence-electron chi connectivity index (χ2n) is 23.0. The minimum Gasteiger partial charge on any atom is -0.494 e. The first-order chi connectivity index (χ1) is 44.3. The number of amides is 6. The van der Waals surface area contributed by atoms with Gasteiger partial charge in [-0.25, -0.2) is 8.78 Å². The molecule has 3 atom stereocenters. The number of nitrogens with one attached hydrogen (secondary N) is 4. The van der Waals surface area contributed by atoms with Crippen LogP contribution in [-0.4, -0.2) is 271 Å². The van der Waals surface area contributed by atoms with Crippen molar-refractivity contribution in [3.8, 4) is 18.1 Å². The van der Waals surface area contributed by atoms with Crippen LogP contribution in [0.3, 0.4) is 0 Å². The first kappa shape index (κ1) is 73.8. The number of halogens is 2. The van der Waals surface area contributed by atoms with Crippen LogP contribution in [0.15, 0.2) is 54.7 Å². The number of rotatable bonds is 35. The normalized spacial score (nSPS) is 17.8. The SMILES string of the molecule is C#C[C@H]1CC(F)(F)CN1C(=O)CNC(=O)c1ccnc2ccc(OCCCC3CCN(C(=O)C(O)CSCCNC(=O)C(CSCCNC(=O)CCCc4ccc(C)cc4)NC(=O)CN4CCN(COC=O)CCN(COC=O)CCN(CC(=O)O)CC4)CC3)cc12. The summed E-state index contributed by atoms with van der Waals surface area (Å²) >= 11 is 2.68. The summed E-state index contributed by atoms with van der Waals surface area (Å²) in [6, 6.07) is 12.8. The van der Waals surface area contributed by atoms with E-state index in [0.29, 0.717) is 132 Å². The maximum absolute atomic E-state index is 14.0. The van der Waals surface area contributed by atoms with Crippen molar-refractivity contribution in [2.75, 3.05) is 148 Å². The van der Waals surface area contributed by atoms with Crippen molar-refractivity contribution in [1.82, 2.24) is 55.7 Å². The summed E-state index contributed by atoms with van der Waals surface area (Å²) in [6.07, 6.45) is 9.78. The number of aliphatic hydroxyl groups is 1. The number of carboxylic acids is 1.